The summed E-state index contributed by atoms with van der Waals surface area (Å²) >= 11 is 6.97. The number of nitrogens with zero attached hydrogens (tertiary/aromatic N) is 4. The maximum atomic E-state index is 6.97. The first kappa shape index (κ1) is 26.3. The molecule has 0 bridgehead atoms. The van der Waals surface area contributed by atoms with Gasteiger partial charge in [0, 0.05) is 27.3 Å². The van der Waals surface area contributed by atoms with Crippen molar-refractivity contribution in [3.8, 4) is 0 Å². The molecule has 2 N–H and O–H groups in total. The number of hydrogen-bond acceptors (Lipinski definition) is 6. The summed E-state index contributed by atoms with van der Waals surface area (Å²) in [4.78, 5) is 0. The summed E-state index contributed by atoms with van der Waals surface area (Å²) < 4.78 is 0. The number of halogens is 1. The Hall–Kier alpha value is -5.59. The Morgan fingerprint density at radius 2 is 0.814 bits per heavy atom. The van der Waals surface area contributed by atoms with Crippen LogP contribution in [0.4, 0.5) is 11.4 Å². The van der Waals surface area contributed by atoms with E-state index in [0.29, 0.717) is 5.02 Å². The number of allylic oxidation sites excluding steroid dienone is 2. The molecular formula is C36H27ClN6. The molecule has 0 aromatic heterocycles. The first-order valence-electron chi connectivity index (χ1n) is 13.9. The highest BCUT2D eigenvalue weighted by Crippen LogP contribution is 2.39. The average molecular weight is 579 g/mol. The van der Waals surface area contributed by atoms with Gasteiger partial charge in [-0.3, -0.25) is 0 Å². The Labute approximate surface area is 255 Å². The molecule has 0 unspecified atom stereocenters. The van der Waals surface area contributed by atoms with Crippen LogP contribution in [0, 0.1) is 0 Å². The van der Waals surface area contributed by atoms with E-state index in [-0.39, 0.29) is 0 Å². The van der Waals surface area contributed by atoms with E-state index in [1.54, 1.807) is 0 Å². The van der Waals surface area contributed by atoms with Crippen LogP contribution in [0.25, 0.3) is 22.5 Å². The van der Waals surface area contributed by atoms with E-state index in [2.05, 4.69) is 75.9 Å². The normalized spacial score (nSPS) is 14.5. The summed E-state index contributed by atoms with van der Waals surface area (Å²) in [6.45, 7) is 0. The largest absolute Gasteiger partial charge is 0.239 e. The lowest BCUT2D eigenvalue weighted by Crippen LogP contribution is -2.37. The van der Waals surface area contributed by atoms with Gasteiger partial charge in [-0.2, -0.15) is 10.2 Å². The van der Waals surface area contributed by atoms with Gasteiger partial charge < -0.3 is 0 Å². The maximum absolute atomic E-state index is 6.97. The molecule has 2 heterocycles. The van der Waals surface area contributed by atoms with Crippen LogP contribution in [0.3, 0.4) is 0 Å². The van der Waals surface area contributed by atoms with Gasteiger partial charge in [0.1, 0.15) is 0 Å². The minimum absolute atomic E-state index is 0.610. The fraction of sp³-hybridized carbons (Fsp3) is 0. The fourth-order valence-electron chi connectivity index (χ4n) is 5.38. The fourth-order valence-corrected chi connectivity index (χ4v) is 5.62. The lowest BCUT2D eigenvalue weighted by atomic mass is 9.94. The molecule has 0 spiro atoms. The van der Waals surface area contributed by atoms with Crippen LogP contribution in [0.5, 0.6) is 0 Å². The monoisotopic (exact) mass is 578 g/mol. The van der Waals surface area contributed by atoms with Crippen molar-refractivity contribution in [2.75, 3.05) is 10.0 Å². The van der Waals surface area contributed by atoms with Crippen molar-refractivity contribution in [3.63, 3.8) is 0 Å². The lowest BCUT2D eigenvalue weighted by Gasteiger charge is -2.33. The van der Waals surface area contributed by atoms with Crippen molar-refractivity contribution in [2.45, 2.75) is 0 Å². The van der Waals surface area contributed by atoms with Gasteiger partial charge in [-0.25, -0.2) is 21.1 Å². The third-order valence-electron chi connectivity index (χ3n) is 7.30. The van der Waals surface area contributed by atoms with Crippen molar-refractivity contribution in [1.82, 2.24) is 11.1 Å². The van der Waals surface area contributed by atoms with Crippen molar-refractivity contribution in [1.29, 1.82) is 0 Å². The molecule has 6 nitrogen and oxygen atoms in total. The minimum Gasteiger partial charge on any atom is -0.239 e. The maximum Gasteiger partial charge on any atom is 0.0813 e. The summed E-state index contributed by atoms with van der Waals surface area (Å²) in [7, 11) is 0. The van der Waals surface area contributed by atoms with Gasteiger partial charge in [-0.05, 0) is 53.6 Å². The van der Waals surface area contributed by atoms with Gasteiger partial charge >= 0.3 is 0 Å². The average Bonchev–Trinajstić information content (AvgIpc) is 3.09. The highest BCUT2D eigenvalue weighted by Gasteiger charge is 2.26. The highest BCUT2D eigenvalue weighted by molar-refractivity contribution is 6.32. The molecule has 2 aliphatic rings. The Morgan fingerprint density at radius 3 is 1.21 bits per heavy atom. The quantitative estimate of drug-likeness (QED) is 0.214. The minimum atomic E-state index is 0.610. The standard InChI is InChI=1S/C36H27ClN6/c37-30-22-28(35-33(26-13-5-1-6-14-26)24-38-40-42(35)31-17-9-3-10-18-31)21-29(23-30)36-34(27-15-7-2-8-16-27)25-39-41-43(36)32-19-11-4-12-20-32/h1-25,40-41H. The van der Waals surface area contributed by atoms with Gasteiger partial charge in [0.25, 0.3) is 0 Å². The molecule has 7 heteroatoms. The summed E-state index contributed by atoms with van der Waals surface area (Å²) in [6, 6.07) is 47.0. The Kier molecular flexibility index (Phi) is 7.17. The number of hydrazone groups is 2. The molecule has 0 fully saturated rings. The predicted octanol–water partition coefficient (Wildman–Crippen LogP) is 8.10. The molecule has 0 atom stereocenters. The van der Waals surface area contributed by atoms with Gasteiger partial charge in [0.05, 0.1) is 35.2 Å². The second kappa shape index (κ2) is 11.7. The number of rotatable bonds is 6. The molecule has 5 aromatic rings. The molecular weight excluding hydrogens is 552 g/mol. The second-order valence-electron chi connectivity index (χ2n) is 10.0. The third kappa shape index (κ3) is 5.27. The number of para-hydroxylation sites is 2. The lowest BCUT2D eigenvalue weighted by molar-refractivity contribution is 0.762. The molecule has 5 aromatic carbocycles. The van der Waals surface area contributed by atoms with Crippen LogP contribution < -0.4 is 21.1 Å². The molecule has 0 aliphatic carbocycles. The molecule has 0 radical (unpaired) electrons. The van der Waals surface area contributed by atoms with Crippen LogP contribution >= 0.6 is 11.6 Å². The Balaban J connectivity index is 1.48. The molecule has 7 rings (SSSR count). The van der Waals surface area contributed by atoms with E-state index >= 15 is 0 Å². The topological polar surface area (TPSA) is 55.3 Å². The van der Waals surface area contributed by atoms with E-state index in [9.17, 15) is 0 Å². The van der Waals surface area contributed by atoms with Crippen molar-refractivity contribution >= 4 is 57.9 Å². The van der Waals surface area contributed by atoms with Crippen LogP contribution in [-0.2, 0) is 0 Å². The molecule has 43 heavy (non-hydrogen) atoms. The van der Waals surface area contributed by atoms with E-state index in [1.807, 2.05) is 107 Å². The number of nitrogens with one attached hydrogen (secondary N) is 2. The highest BCUT2D eigenvalue weighted by atomic mass is 35.5. The van der Waals surface area contributed by atoms with Crippen LogP contribution in [0.2, 0.25) is 5.02 Å². The van der Waals surface area contributed by atoms with Gasteiger partial charge in [-0.1, -0.05) is 109 Å². The smallest absolute Gasteiger partial charge is 0.0813 e. The summed E-state index contributed by atoms with van der Waals surface area (Å²) in [5, 5.41) is 13.7. The van der Waals surface area contributed by atoms with Crippen molar-refractivity contribution in [3.05, 3.63) is 167 Å². The molecule has 0 saturated heterocycles. The zero-order valence-corrected chi connectivity index (χ0v) is 23.9. The van der Waals surface area contributed by atoms with Crippen LogP contribution in [-0.4, -0.2) is 12.4 Å². The van der Waals surface area contributed by atoms with E-state index < -0.39 is 0 Å². The summed E-state index contributed by atoms with van der Waals surface area (Å²) in [5.41, 5.74) is 16.1. The number of hydrogen-bond donors (Lipinski definition) is 2. The van der Waals surface area contributed by atoms with Gasteiger partial charge in [0.2, 0.25) is 0 Å². The van der Waals surface area contributed by atoms with E-state index in [4.69, 9.17) is 11.6 Å². The number of hydrazine groups is 2. The molecule has 0 amide bonds. The molecule has 208 valence electrons. The van der Waals surface area contributed by atoms with E-state index in [1.165, 1.54) is 0 Å². The van der Waals surface area contributed by atoms with Gasteiger partial charge in [0.15, 0.2) is 0 Å². The van der Waals surface area contributed by atoms with Crippen LogP contribution in [0.15, 0.2) is 150 Å². The van der Waals surface area contributed by atoms with E-state index in [0.717, 1.165) is 56.2 Å². The van der Waals surface area contributed by atoms with Crippen molar-refractivity contribution < 1.29 is 0 Å². The third-order valence-corrected chi connectivity index (χ3v) is 7.52. The summed E-state index contributed by atoms with van der Waals surface area (Å²) in [6.07, 6.45) is 3.73. The zero-order chi connectivity index (χ0) is 29.0. The summed E-state index contributed by atoms with van der Waals surface area (Å²) in [5.74, 6) is 0. The number of benzene rings is 5. The Bertz CT molecular complexity index is 1730. The first-order chi connectivity index (χ1) is 21.3. The molecule has 2 aliphatic heterocycles. The first-order valence-corrected chi connectivity index (χ1v) is 14.3. The SMILES string of the molecule is Clc1cc(C2=C(c3ccccc3)C=NNN2c2ccccc2)cc(C2=C(c3ccccc3)C=NNN2c2ccccc2)c1. The van der Waals surface area contributed by atoms with Crippen LogP contribution in [0.1, 0.15) is 22.3 Å². The van der Waals surface area contributed by atoms with Crippen molar-refractivity contribution in [2.24, 2.45) is 10.2 Å². The van der Waals surface area contributed by atoms with Gasteiger partial charge in [-0.15, -0.1) is 0 Å². The second-order valence-corrected chi connectivity index (χ2v) is 10.5. The molecule has 0 saturated carbocycles. The predicted molar refractivity (Wildman–Crippen MR) is 179 cm³/mol. The number of anilines is 2. The zero-order valence-electron chi connectivity index (χ0n) is 23.1. The Morgan fingerprint density at radius 1 is 0.442 bits per heavy atom.